The molecule has 7 heteroatoms. The van der Waals surface area contributed by atoms with Crippen molar-refractivity contribution in [2.75, 3.05) is 13.8 Å². The van der Waals surface area contributed by atoms with Crippen molar-refractivity contribution >= 4 is 23.4 Å². The van der Waals surface area contributed by atoms with E-state index in [2.05, 4.69) is 28.5 Å². The Kier molecular flexibility index (Phi) is 4.68. The Bertz CT molecular complexity index is 767. The molecule has 1 aromatic heterocycles. The van der Waals surface area contributed by atoms with Crippen LogP contribution in [0.15, 0.2) is 9.79 Å². The fourth-order valence-electron chi connectivity index (χ4n) is 3.57. The highest BCUT2D eigenvalue weighted by Crippen LogP contribution is 2.33. The highest BCUT2D eigenvalue weighted by Gasteiger charge is 2.32. The van der Waals surface area contributed by atoms with Gasteiger partial charge in [-0.2, -0.15) is 0 Å². The van der Waals surface area contributed by atoms with E-state index in [4.69, 9.17) is 0 Å². The smallest absolute Gasteiger partial charge is 0.332 e. The van der Waals surface area contributed by atoms with Crippen molar-refractivity contribution < 1.29 is 9.53 Å². The molecule has 23 heavy (non-hydrogen) atoms. The van der Waals surface area contributed by atoms with Gasteiger partial charge in [0.2, 0.25) is 0 Å². The molecule has 0 N–H and O–H groups in total. The van der Waals surface area contributed by atoms with E-state index in [0.717, 1.165) is 6.42 Å². The van der Waals surface area contributed by atoms with Crippen LogP contribution in [0, 0.1) is 11.8 Å². The lowest BCUT2D eigenvalue weighted by molar-refractivity contribution is -0.133. The maximum atomic E-state index is 12.5. The van der Waals surface area contributed by atoms with E-state index in [9.17, 15) is 9.59 Å². The Morgan fingerprint density at radius 3 is 2.91 bits per heavy atom. The SMILES string of the molecule is COC(=O)/C=c1/sc2n(c1=O)CN([C@H]1CCC[C@H](C)[C@@H]1C)CN=2. The van der Waals surface area contributed by atoms with Crippen LogP contribution < -0.4 is 14.9 Å². The van der Waals surface area contributed by atoms with E-state index in [-0.39, 0.29) is 5.56 Å². The van der Waals surface area contributed by atoms with Crippen molar-refractivity contribution in [3.05, 3.63) is 19.7 Å². The predicted molar refractivity (Wildman–Crippen MR) is 88.5 cm³/mol. The summed E-state index contributed by atoms with van der Waals surface area (Å²) >= 11 is 1.26. The lowest BCUT2D eigenvalue weighted by Gasteiger charge is -2.41. The number of hydrogen-bond donors (Lipinski definition) is 0. The third kappa shape index (κ3) is 3.12. The number of esters is 1. The minimum atomic E-state index is -0.507. The topological polar surface area (TPSA) is 63.9 Å². The molecule has 1 fully saturated rings. The van der Waals surface area contributed by atoms with Gasteiger partial charge in [0, 0.05) is 12.1 Å². The van der Waals surface area contributed by atoms with Crippen LogP contribution in [0.4, 0.5) is 0 Å². The van der Waals surface area contributed by atoms with E-state index >= 15 is 0 Å². The number of rotatable bonds is 2. The van der Waals surface area contributed by atoms with Gasteiger partial charge >= 0.3 is 5.97 Å². The molecule has 0 spiro atoms. The number of thiazole rings is 1. The zero-order chi connectivity index (χ0) is 16.6. The van der Waals surface area contributed by atoms with E-state index in [1.54, 1.807) is 4.57 Å². The summed E-state index contributed by atoms with van der Waals surface area (Å²) < 4.78 is 6.67. The molecule has 0 bridgehead atoms. The molecule has 126 valence electrons. The molecule has 1 aromatic rings. The first kappa shape index (κ1) is 16.4. The van der Waals surface area contributed by atoms with Crippen LogP contribution in [0.3, 0.4) is 0 Å². The van der Waals surface area contributed by atoms with Gasteiger partial charge in [-0.3, -0.25) is 14.3 Å². The summed E-state index contributed by atoms with van der Waals surface area (Å²) in [5.74, 6) is 0.807. The third-order valence-electron chi connectivity index (χ3n) is 5.18. The minimum Gasteiger partial charge on any atom is -0.466 e. The summed E-state index contributed by atoms with van der Waals surface area (Å²) in [4.78, 5) is 31.4. The molecule has 1 saturated carbocycles. The fourth-order valence-corrected chi connectivity index (χ4v) is 4.50. The number of hydrogen-bond acceptors (Lipinski definition) is 6. The minimum absolute atomic E-state index is 0.152. The molecule has 3 rings (SSSR count). The van der Waals surface area contributed by atoms with Gasteiger partial charge in [-0.15, -0.1) is 0 Å². The molecule has 2 aliphatic rings. The Hall–Kier alpha value is -1.47. The molecule has 2 heterocycles. The molecular formula is C16H23N3O3S. The molecular weight excluding hydrogens is 314 g/mol. The average Bonchev–Trinajstić information content (AvgIpc) is 2.85. The van der Waals surface area contributed by atoms with E-state index in [1.807, 2.05) is 0 Å². The molecule has 0 aromatic carbocycles. The van der Waals surface area contributed by atoms with Gasteiger partial charge in [-0.05, 0) is 18.3 Å². The van der Waals surface area contributed by atoms with Crippen LogP contribution in [0.1, 0.15) is 33.1 Å². The standard InChI is InChI=1S/C16H23N3O3S/c1-10-5-4-6-12(11(10)2)18-8-17-16-19(9-18)15(21)13(23-16)7-14(20)22-3/h7,10-12H,4-6,8-9H2,1-3H3/b13-7+/t10-,11-,12-/m0/s1. The Morgan fingerprint density at radius 1 is 1.39 bits per heavy atom. The maximum Gasteiger partial charge on any atom is 0.332 e. The van der Waals surface area contributed by atoms with Gasteiger partial charge < -0.3 is 4.74 Å². The van der Waals surface area contributed by atoms with Crippen molar-refractivity contribution in [2.45, 2.75) is 45.8 Å². The van der Waals surface area contributed by atoms with Crippen LogP contribution in [-0.4, -0.2) is 35.3 Å². The number of methoxy groups -OCH3 is 1. The van der Waals surface area contributed by atoms with Crippen molar-refractivity contribution in [1.82, 2.24) is 9.47 Å². The Morgan fingerprint density at radius 2 is 2.17 bits per heavy atom. The highest BCUT2D eigenvalue weighted by molar-refractivity contribution is 7.07. The Labute approximate surface area is 139 Å². The van der Waals surface area contributed by atoms with Gasteiger partial charge in [0.05, 0.1) is 20.4 Å². The zero-order valence-electron chi connectivity index (χ0n) is 13.8. The summed E-state index contributed by atoms with van der Waals surface area (Å²) in [6, 6.07) is 0.468. The van der Waals surface area contributed by atoms with Gasteiger partial charge in [0.1, 0.15) is 4.53 Å². The van der Waals surface area contributed by atoms with E-state index in [1.165, 1.54) is 37.4 Å². The summed E-state index contributed by atoms with van der Waals surface area (Å²) in [5.41, 5.74) is -0.152. The molecule has 0 unspecified atom stereocenters. The van der Waals surface area contributed by atoms with Gasteiger partial charge in [0.15, 0.2) is 4.80 Å². The maximum absolute atomic E-state index is 12.5. The first-order valence-electron chi connectivity index (χ1n) is 8.09. The van der Waals surface area contributed by atoms with Crippen molar-refractivity contribution in [3.63, 3.8) is 0 Å². The second kappa shape index (κ2) is 6.57. The summed E-state index contributed by atoms with van der Waals surface area (Å²) in [7, 11) is 1.31. The van der Waals surface area contributed by atoms with Crippen LogP contribution in [0.5, 0.6) is 0 Å². The number of carbonyl (C=O) groups excluding carboxylic acids is 1. The van der Waals surface area contributed by atoms with Crippen molar-refractivity contribution in [1.29, 1.82) is 0 Å². The largest absolute Gasteiger partial charge is 0.466 e. The molecule has 1 aliphatic carbocycles. The van der Waals surface area contributed by atoms with Crippen molar-refractivity contribution in [2.24, 2.45) is 16.8 Å². The van der Waals surface area contributed by atoms with Gasteiger partial charge in [0.25, 0.3) is 5.56 Å². The number of ether oxygens (including phenoxy) is 1. The van der Waals surface area contributed by atoms with Crippen molar-refractivity contribution in [3.8, 4) is 0 Å². The summed E-state index contributed by atoms with van der Waals surface area (Å²) in [6.07, 6.45) is 4.93. The molecule has 1 aliphatic heterocycles. The normalized spacial score (nSPS) is 29.0. The third-order valence-corrected chi connectivity index (χ3v) is 6.23. The number of fused-ring (bicyclic) bond motifs is 1. The van der Waals surface area contributed by atoms with Crippen LogP contribution in [-0.2, 0) is 16.2 Å². The lowest BCUT2D eigenvalue weighted by atomic mass is 9.77. The van der Waals surface area contributed by atoms with Crippen LogP contribution >= 0.6 is 11.3 Å². The van der Waals surface area contributed by atoms with Crippen LogP contribution in [0.25, 0.3) is 6.08 Å². The van der Waals surface area contributed by atoms with Gasteiger partial charge in [-0.25, -0.2) is 9.79 Å². The quantitative estimate of drug-likeness (QED) is 0.739. The summed E-state index contributed by atoms with van der Waals surface area (Å²) in [5, 5.41) is 0. The predicted octanol–water partition coefficient (Wildman–Crippen LogP) is 0.538. The number of aromatic nitrogens is 1. The van der Waals surface area contributed by atoms with Gasteiger partial charge in [-0.1, -0.05) is 38.0 Å². The molecule has 6 nitrogen and oxygen atoms in total. The Balaban J connectivity index is 1.88. The van der Waals surface area contributed by atoms with E-state index < -0.39 is 5.97 Å². The monoisotopic (exact) mass is 337 g/mol. The second-order valence-electron chi connectivity index (χ2n) is 6.51. The second-order valence-corrected chi connectivity index (χ2v) is 7.52. The zero-order valence-corrected chi connectivity index (χ0v) is 14.6. The lowest BCUT2D eigenvalue weighted by Crippen LogP contribution is -2.50. The van der Waals surface area contributed by atoms with E-state index in [0.29, 0.717) is 40.5 Å². The first-order valence-corrected chi connectivity index (χ1v) is 8.90. The number of nitrogens with zero attached hydrogens (tertiary/aromatic N) is 3. The molecule has 0 amide bonds. The fraction of sp³-hybridized carbons (Fsp3) is 0.688. The van der Waals surface area contributed by atoms with Crippen LogP contribution in [0.2, 0.25) is 0 Å². The molecule has 0 saturated heterocycles. The average molecular weight is 337 g/mol. The summed E-state index contributed by atoms with van der Waals surface area (Å²) in [6.45, 7) is 5.80. The number of carbonyl (C=O) groups is 1. The highest BCUT2D eigenvalue weighted by atomic mass is 32.1. The first-order chi connectivity index (χ1) is 11.0. The molecule has 0 radical (unpaired) electrons. The molecule has 3 atom stereocenters.